The SMILES string of the molecule is COc1cccc(-c2ccc3nc(NC(C)=O)sc3c2)c1. The lowest BCUT2D eigenvalue weighted by Gasteiger charge is -2.04. The molecule has 0 aliphatic rings. The number of fused-ring (bicyclic) bond motifs is 1. The van der Waals surface area contributed by atoms with Gasteiger partial charge in [0.25, 0.3) is 0 Å². The second kappa shape index (κ2) is 5.54. The van der Waals surface area contributed by atoms with Crippen LogP contribution in [0.2, 0.25) is 0 Å². The van der Waals surface area contributed by atoms with Crippen LogP contribution < -0.4 is 10.1 Å². The number of amides is 1. The minimum atomic E-state index is -0.109. The van der Waals surface area contributed by atoms with Crippen molar-refractivity contribution in [2.75, 3.05) is 12.4 Å². The van der Waals surface area contributed by atoms with E-state index in [0.29, 0.717) is 5.13 Å². The first-order valence-electron chi connectivity index (χ1n) is 6.48. The Morgan fingerprint density at radius 3 is 2.76 bits per heavy atom. The third-order valence-corrected chi connectivity index (χ3v) is 4.01. The van der Waals surface area contributed by atoms with Crippen molar-refractivity contribution in [2.45, 2.75) is 6.92 Å². The first-order chi connectivity index (χ1) is 10.2. The molecule has 4 nitrogen and oxygen atoms in total. The van der Waals surface area contributed by atoms with Crippen LogP contribution in [0, 0.1) is 0 Å². The predicted octanol–water partition coefficient (Wildman–Crippen LogP) is 3.93. The molecular weight excluding hydrogens is 284 g/mol. The van der Waals surface area contributed by atoms with Gasteiger partial charge in [-0.25, -0.2) is 4.98 Å². The van der Waals surface area contributed by atoms with Crippen molar-refractivity contribution < 1.29 is 9.53 Å². The van der Waals surface area contributed by atoms with Gasteiger partial charge in [-0.1, -0.05) is 29.5 Å². The van der Waals surface area contributed by atoms with E-state index >= 15 is 0 Å². The van der Waals surface area contributed by atoms with E-state index in [1.165, 1.54) is 18.3 Å². The highest BCUT2D eigenvalue weighted by Gasteiger charge is 2.07. The maximum absolute atomic E-state index is 11.1. The van der Waals surface area contributed by atoms with Crippen molar-refractivity contribution in [3.05, 3.63) is 42.5 Å². The molecule has 106 valence electrons. The average molecular weight is 298 g/mol. The second-order valence-corrected chi connectivity index (χ2v) is 5.65. The Hall–Kier alpha value is -2.40. The molecule has 2 aromatic carbocycles. The van der Waals surface area contributed by atoms with Gasteiger partial charge in [-0.05, 0) is 35.4 Å². The monoisotopic (exact) mass is 298 g/mol. The summed E-state index contributed by atoms with van der Waals surface area (Å²) in [5, 5.41) is 3.35. The molecule has 0 unspecified atom stereocenters. The van der Waals surface area contributed by atoms with E-state index in [2.05, 4.69) is 16.4 Å². The number of thiazole rings is 1. The molecule has 0 saturated heterocycles. The van der Waals surface area contributed by atoms with E-state index in [0.717, 1.165) is 27.1 Å². The lowest BCUT2D eigenvalue weighted by Crippen LogP contribution is -2.04. The van der Waals surface area contributed by atoms with Gasteiger partial charge < -0.3 is 10.1 Å². The minimum absolute atomic E-state index is 0.109. The summed E-state index contributed by atoms with van der Waals surface area (Å²) in [4.78, 5) is 15.5. The van der Waals surface area contributed by atoms with Gasteiger partial charge in [-0.3, -0.25) is 4.79 Å². The number of ether oxygens (including phenoxy) is 1. The van der Waals surface area contributed by atoms with Crippen molar-refractivity contribution in [1.29, 1.82) is 0 Å². The zero-order chi connectivity index (χ0) is 14.8. The summed E-state index contributed by atoms with van der Waals surface area (Å²) in [7, 11) is 1.66. The maximum atomic E-state index is 11.1. The molecule has 0 saturated carbocycles. The number of carbonyl (C=O) groups is 1. The fraction of sp³-hybridized carbons (Fsp3) is 0.125. The lowest BCUT2D eigenvalue weighted by atomic mass is 10.1. The van der Waals surface area contributed by atoms with Crippen LogP contribution in [0.5, 0.6) is 5.75 Å². The number of benzene rings is 2. The third-order valence-electron chi connectivity index (χ3n) is 3.07. The van der Waals surface area contributed by atoms with Gasteiger partial charge >= 0.3 is 0 Å². The normalized spacial score (nSPS) is 10.6. The van der Waals surface area contributed by atoms with Crippen molar-refractivity contribution in [1.82, 2.24) is 4.98 Å². The first-order valence-corrected chi connectivity index (χ1v) is 7.30. The van der Waals surface area contributed by atoms with Gasteiger partial charge in [0, 0.05) is 6.92 Å². The van der Waals surface area contributed by atoms with E-state index < -0.39 is 0 Å². The number of rotatable bonds is 3. The number of methoxy groups -OCH3 is 1. The Kier molecular flexibility index (Phi) is 3.58. The van der Waals surface area contributed by atoms with Gasteiger partial charge in [0.05, 0.1) is 17.3 Å². The largest absolute Gasteiger partial charge is 0.497 e. The molecule has 3 aromatic rings. The zero-order valence-corrected chi connectivity index (χ0v) is 12.5. The first kappa shape index (κ1) is 13.6. The highest BCUT2D eigenvalue weighted by molar-refractivity contribution is 7.22. The number of anilines is 1. The minimum Gasteiger partial charge on any atom is -0.497 e. The quantitative estimate of drug-likeness (QED) is 0.797. The Morgan fingerprint density at radius 2 is 2.00 bits per heavy atom. The van der Waals surface area contributed by atoms with Crippen molar-refractivity contribution in [3.8, 4) is 16.9 Å². The van der Waals surface area contributed by atoms with Crippen LogP contribution in [-0.4, -0.2) is 18.0 Å². The Labute approximate surface area is 126 Å². The Bertz CT molecular complexity index is 811. The molecule has 0 radical (unpaired) electrons. The maximum Gasteiger partial charge on any atom is 0.223 e. The number of nitrogens with one attached hydrogen (secondary N) is 1. The Balaban J connectivity index is 2.01. The number of carbonyl (C=O) groups excluding carboxylic acids is 1. The summed E-state index contributed by atoms with van der Waals surface area (Å²) in [6.45, 7) is 1.48. The molecule has 1 heterocycles. The highest BCUT2D eigenvalue weighted by Crippen LogP contribution is 2.31. The van der Waals surface area contributed by atoms with Gasteiger partial charge in [-0.2, -0.15) is 0 Å². The van der Waals surface area contributed by atoms with E-state index in [-0.39, 0.29) is 5.91 Å². The Morgan fingerprint density at radius 1 is 1.19 bits per heavy atom. The van der Waals surface area contributed by atoms with Crippen LogP contribution in [0.1, 0.15) is 6.92 Å². The van der Waals surface area contributed by atoms with Gasteiger partial charge in [0.15, 0.2) is 5.13 Å². The summed E-state index contributed by atoms with van der Waals surface area (Å²) in [5.41, 5.74) is 3.07. The number of hydrogen-bond acceptors (Lipinski definition) is 4. The highest BCUT2D eigenvalue weighted by atomic mass is 32.1. The smallest absolute Gasteiger partial charge is 0.223 e. The molecule has 0 spiro atoms. The molecule has 1 aromatic heterocycles. The van der Waals surface area contributed by atoms with E-state index in [9.17, 15) is 4.79 Å². The summed E-state index contributed by atoms with van der Waals surface area (Å²) < 4.78 is 6.30. The molecule has 0 atom stereocenters. The molecule has 0 aliphatic heterocycles. The van der Waals surface area contributed by atoms with E-state index in [1.54, 1.807) is 7.11 Å². The topological polar surface area (TPSA) is 51.2 Å². The van der Waals surface area contributed by atoms with Crippen molar-refractivity contribution in [3.63, 3.8) is 0 Å². The fourth-order valence-electron chi connectivity index (χ4n) is 2.11. The van der Waals surface area contributed by atoms with E-state index in [4.69, 9.17) is 4.74 Å². The number of nitrogens with zero attached hydrogens (tertiary/aromatic N) is 1. The fourth-order valence-corrected chi connectivity index (χ4v) is 3.06. The molecule has 3 rings (SSSR count). The number of hydrogen-bond donors (Lipinski definition) is 1. The van der Waals surface area contributed by atoms with Crippen LogP contribution in [0.25, 0.3) is 21.3 Å². The standard InChI is InChI=1S/C16H14N2O2S/c1-10(19)17-16-18-14-7-6-12(9-15(14)21-16)11-4-3-5-13(8-11)20-2/h3-9H,1-2H3,(H,17,18,19). The van der Waals surface area contributed by atoms with E-state index in [1.807, 2.05) is 36.4 Å². The van der Waals surface area contributed by atoms with Crippen LogP contribution in [0.4, 0.5) is 5.13 Å². The van der Waals surface area contributed by atoms with Crippen molar-refractivity contribution >= 4 is 32.6 Å². The van der Waals surface area contributed by atoms with Crippen LogP contribution >= 0.6 is 11.3 Å². The molecular formula is C16H14N2O2S. The molecule has 21 heavy (non-hydrogen) atoms. The van der Waals surface area contributed by atoms with Crippen LogP contribution in [0.15, 0.2) is 42.5 Å². The lowest BCUT2D eigenvalue weighted by molar-refractivity contribution is -0.114. The predicted molar refractivity (Wildman–Crippen MR) is 85.9 cm³/mol. The summed E-state index contributed by atoms with van der Waals surface area (Å²) in [5.74, 6) is 0.720. The molecule has 1 amide bonds. The summed E-state index contributed by atoms with van der Waals surface area (Å²) in [6.07, 6.45) is 0. The average Bonchev–Trinajstić information content (AvgIpc) is 2.87. The van der Waals surface area contributed by atoms with Crippen molar-refractivity contribution in [2.24, 2.45) is 0 Å². The van der Waals surface area contributed by atoms with Gasteiger partial charge in [0.2, 0.25) is 5.91 Å². The molecule has 5 heteroatoms. The molecule has 0 bridgehead atoms. The molecule has 0 aliphatic carbocycles. The van der Waals surface area contributed by atoms with Gasteiger partial charge in [-0.15, -0.1) is 0 Å². The molecule has 0 fully saturated rings. The molecule has 1 N–H and O–H groups in total. The summed E-state index contributed by atoms with van der Waals surface area (Å²) >= 11 is 1.47. The number of aromatic nitrogens is 1. The third kappa shape index (κ3) is 2.87. The summed E-state index contributed by atoms with van der Waals surface area (Å²) in [6, 6.07) is 14.0. The second-order valence-electron chi connectivity index (χ2n) is 4.61. The zero-order valence-electron chi connectivity index (χ0n) is 11.7. The van der Waals surface area contributed by atoms with Crippen LogP contribution in [-0.2, 0) is 4.79 Å². The van der Waals surface area contributed by atoms with Crippen LogP contribution in [0.3, 0.4) is 0 Å². The van der Waals surface area contributed by atoms with Gasteiger partial charge in [0.1, 0.15) is 5.75 Å².